The fourth-order valence-electron chi connectivity index (χ4n) is 2.83. The highest BCUT2D eigenvalue weighted by atomic mass is 32.2. The molecule has 0 spiro atoms. The average Bonchev–Trinajstić information content (AvgIpc) is 2.84. The van der Waals surface area contributed by atoms with Gasteiger partial charge in [-0.1, -0.05) is 13.3 Å². The molecule has 1 aliphatic heterocycles. The Morgan fingerprint density at radius 3 is 2.64 bits per heavy atom. The molecule has 0 bridgehead atoms. The van der Waals surface area contributed by atoms with Crippen LogP contribution in [-0.2, 0) is 14.8 Å². The van der Waals surface area contributed by atoms with Crippen LogP contribution < -0.4 is 9.62 Å². The number of carbonyl (C=O) groups is 1. The van der Waals surface area contributed by atoms with Crippen LogP contribution in [0.1, 0.15) is 45.1 Å². The third-order valence-corrected chi connectivity index (χ3v) is 5.51. The molecule has 22 heavy (non-hydrogen) atoms. The van der Waals surface area contributed by atoms with Gasteiger partial charge in [0.1, 0.15) is 0 Å². The number of benzene rings is 1. The Kier molecular flexibility index (Phi) is 5.24. The molecule has 1 fully saturated rings. The van der Waals surface area contributed by atoms with Crippen molar-refractivity contribution in [2.45, 2.75) is 57.4 Å². The lowest BCUT2D eigenvalue weighted by Gasteiger charge is -2.19. The number of hydrogen-bond acceptors (Lipinski definition) is 3. The van der Waals surface area contributed by atoms with E-state index < -0.39 is 10.0 Å². The first-order chi connectivity index (χ1) is 10.3. The van der Waals surface area contributed by atoms with Crippen LogP contribution in [0.4, 0.5) is 5.69 Å². The lowest BCUT2D eigenvalue weighted by Crippen LogP contribution is -2.32. The van der Waals surface area contributed by atoms with Gasteiger partial charge in [-0.3, -0.25) is 4.79 Å². The minimum atomic E-state index is -3.51. The Morgan fingerprint density at radius 2 is 2.09 bits per heavy atom. The van der Waals surface area contributed by atoms with Gasteiger partial charge in [0.25, 0.3) is 0 Å². The molecule has 0 unspecified atom stereocenters. The van der Waals surface area contributed by atoms with Gasteiger partial charge in [-0.15, -0.1) is 0 Å². The maximum absolute atomic E-state index is 12.4. The molecule has 0 saturated carbocycles. The van der Waals surface area contributed by atoms with E-state index in [2.05, 4.69) is 4.72 Å². The average molecular weight is 324 g/mol. The third-order valence-electron chi connectivity index (χ3n) is 3.92. The van der Waals surface area contributed by atoms with E-state index in [1.165, 1.54) is 0 Å². The number of aryl methyl sites for hydroxylation is 1. The van der Waals surface area contributed by atoms with E-state index in [1.807, 2.05) is 20.8 Å². The van der Waals surface area contributed by atoms with Crippen LogP contribution in [0.25, 0.3) is 0 Å². The maximum Gasteiger partial charge on any atom is 0.240 e. The molecule has 122 valence electrons. The van der Waals surface area contributed by atoms with Gasteiger partial charge in [0, 0.05) is 24.7 Å². The van der Waals surface area contributed by atoms with E-state index in [-0.39, 0.29) is 16.8 Å². The SMILES string of the molecule is CCC[C@H](C)NS(=O)(=O)c1ccc(N2CCCC2=O)c(C)c1. The third kappa shape index (κ3) is 3.67. The largest absolute Gasteiger partial charge is 0.312 e. The van der Waals surface area contributed by atoms with Crippen molar-refractivity contribution in [3.8, 4) is 0 Å². The fourth-order valence-corrected chi connectivity index (χ4v) is 4.19. The van der Waals surface area contributed by atoms with Gasteiger partial charge in [-0.2, -0.15) is 0 Å². The second kappa shape index (κ2) is 6.79. The molecule has 6 heteroatoms. The van der Waals surface area contributed by atoms with Gasteiger partial charge >= 0.3 is 0 Å². The monoisotopic (exact) mass is 324 g/mol. The van der Waals surface area contributed by atoms with E-state index in [4.69, 9.17) is 0 Å². The van der Waals surface area contributed by atoms with Crippen molar-refractivity contribution in [1.82, 2.24) is 4.72 Å². The fraction of sp³-hybridized carbons (Fsp3) is 0.562. The van der Waals surface area contributed by atoms with Gasteiger partial charge in [0.15, 0.2) is 0 Å². The molecule has 0 aromatic heterocycles. The Hall–Kier alpha value is -1.40. The van der Waals surface area contributed by atoms with Crippen LogP contribution in [0.5, 0.6) is 0 Å². The maximum atomic E-state index is 12.4. The molecule has 0 radical (unpaired) electrons. The Bertz CT molecular complexity index is 655. The number of sulfonamides is 1. The number of anilines is 1. The van der Waals surface area contributed by atoms with E-state index in [0.29, 0.717) is 13.0 Å². The summed E-state index contributed by atoms with van der Waals surface area (Å²) in [5.41, 5.74) is 1.62. The van der Waals surface area contributed by atoms with E-state index in [9.17, 15) is 13.2 Å². The minimum Gasteiger partial charge on any atom is -0.312 e. The molecule has 0 aliphatic carbocycles. The zero-order chi connectivity index (χ0) is 16.3. The van der Waals surface area contributed by atoms with Gasteiger partial charge in [0.2, 0.25) is 15.9 Å². The van der Waals surface area contributed by atoms with E-state index >= 15 is 0 Å². The van der Waals surface area contributed by atoms with Crippen molar-refractivity contribution in [2.75, 3.05) is 11.4 Å². The zero-order valence-corrected chi connectivity index (χ0v) is 14.2. The minimum absolute atomic E-state index is 0.0878. The van der Waals surface area contributed by atoms with Crippen LogP contribution in [-0.4, -0.2) is 26.9 Å². The first-order valence-electron chi connectivity index (χ1n) is 7.78. The molecular formula is C16H24N2O3S. The molecule has 1 aliphatic rings. The quantitative estimate of drug-likeness (QED) is 0.874. The van der Waals surface area contributed by atoms with E-state index in [1.54, 1.807) is 23.1 Å². The van der Waals surface area contributed by atoms with Gasteiger partial charge in [-0.05, 0) is 50.5 Å². The van der Waals surface area contributed by atoms with Crippen molar-refractivity contribution in [3.63, 3.8) is 0 Å². The summed E-state index contributed by atoms with van der Waals surface area (Å²) in [5.74, 6) is 0.105. The summed E-state index contributed by atoms with van der Waals surface area (Å²) in [5, 5.41) is 0. The second-order valence-corrected chi connectivity index (χ2v) is 7.62. The molecule has 1 atom stereocenters. The summed E-state index contributed by atoms with van der Waals surface area (Å²) in [6, 6.07) is 4.87. The zero-order valence-electron chi connectivity index (χ0n) is 13.4. The summed E-state index contributed by atoms with van der Waals surface area (Å²) < 4.78 is 27.4. The first kappa shape index (κ1) is 17.0. The smallest absolute Gasteiger partial charge is 0.240 e. The summed E-state index contributed by atoms with van der Waals surface area (Å²) >= 11 is 0. The van der Waals surface area contributed by atoms with Gasteiger partial charge in [-0.25, -0.2) is 13.1 Å². The van der Waals surface area contributed by atoms with E-state index in [0.717, 1.165) is 30.5 Å². The number of nitrogens with one attached hydrogen (secondary N) is 1. The molecule has 1 aromatic carbocycles. The molecule has 1 N–H and O–H groups in total. The van der Waals surface area contributed by atoms with Crippen molar-refractivity contribution in [3.05, 3.63) is 23.8 Å². The van der Waals surface area contributed by atoms with Crippen LogP contribution >= 0.6 is 0 Å². The number of carbonyl (C=O) groups excluding carboxylic acids is 1. The molecule has 1 heterocycles. The number of nitrogens with zero attached hydrogens (tertiary/aromatic N) is 1. The highest BCUT2D eigenvalue weighted by molar-refractivity contribution is 7.89. The van der Waals surface area contributed by atoms with Crippen LogP contribution in [0.2, 0.25) is 0 Å². The molecule has 5 nitrogen and oxygen atoms in total. The Morgan fingerprint density at radius 1 is 1.36 bits per heavy atom. The normalized spacial score (nSPS) is 17.0. The standard InChI is InChI=1S/C16H24N2O3S/c1-4-6-13(3)17-22(20,21)14-8-9-15(12(2)11-14)18-10-5-7-16(18)19/h8-9,11,13,17H,4-7,10H2,1-3H3/t13-/m0/s1. The predicted molar refractivity (Wildman–Crippen MR) is 87.5 cm³/mol. The number of rotatable bonds is 6. The molecule has 2 rings (SSSR count). The summed E-state index contributed by atoms with van der Waals surface area (Å²) in [6.07, 6.45) is 3.15. The van der Waals surface area contributed by atoms with Crippen molar-refractivity contribution in [2.24, 2.45) is 0 Å². The second-order valence-electron chi connectivity index (χ2n) is 5.91. The van der Waals surface area contributed by atoms with Crippen molar-refractivity contribution >= 4 is 21.6 Å². The highest BCUT2D eigenvalue weighted by Gasteiger charge is 2.24. The van der Waals surface area contributed by atoms with Crippen molar-refractivity contribution in [1.29, 1.82) is 0 Å². The number of hydrogen-bond donors (Lipinski definition) is 1. The lowest BCUT2D eigenvalue weighted by molar-refractivity contribution is -0.117. The lowest BCUT2D eigenvalue weighted by atomic mass is 10.2. The summed E-state index contributed by atoms with van der Waals surface area (Å²) in [6.45, 7) is 6.44. The van der Waals surface area contributed by atoms with Crippen LogP contribution in [0, 0.1) is 6.92 Å². The first-order valence-corrected chi connectivity index (χ1v) is 9.27. The molecular weight excluding hydrogens is 300 g/mol. The summed E-state index contributed by atoms with van der Waals surface area (Å²) in [7, 11) is -3.51. The Labute approximate surface area is 132 Å². The molecule has 1 amide bonds. The van der Waals surface area contributed by atoms with Crippen molar-refractivity contribution < 1.29 is 13.2 Å². The van der Waals surface area contributed by atoms with Gasteiger partial charge < -0.3 is 4.90 Å². The highest BCUT2D eigenvalue weighted by Crippen LogP contribution is 2.27. The van der Waals surface area contributed by atoms with Crippen LogP contribution in [0.15, 0.2) is 23.1 Å². The molecule has 1 saturated heterocycles. The molecule has 1 aromatic rings. The van der Waals surface area contributed by atoms with Gasteiger partial charge in [0.05, 0.1) is 4.90 Å². The topological polar surface area (TPSA) is 66.5 Å². The Balaban J connectivity index is 2.23. The van der Waals surface area contributed by atoms with Crippen LogP contribution in [0.3, 0.4) is 0 Å². The summed E-state index contributed by atoms with van der Waals surface area (Å²) in [4.78, 5) is 13.8. The predicted octanol–water partition coefficient (Wildman–Crippen LogP) is 2.59. The number of amides is 1.